The highest BCUT2D eigenvalue weighted by atomic mass is 79.9. The van der Waals surface area contributed by atoms with Crippen LogP contribution in [0.4, 0.5) is 0 Å². The lowest BCUT2D eigenvalue weighted by atomic mass is 10.2. The van der Waals surface area contributed by atoms with Crippen molar-refractivity contribution in [2.45, 2.75) is 32.9 Å². The molecule has 21 heavy (non-hydrogen) atoms. The lowest BCUT2D eigenvalue weighted by Gasteiger charge is -2.09. The molecular formula is C15H17BrN2O3. The molecule has 0 bridgehead atoms. The normalized spacial score (nSPS) is 12.1. The highest BCUT2D eigenvalue weighted by molar-refractivity contribution is 9.10. The molecule has 2 aromatic rings. The Morgan fingerprint density at radius 2 is 2.24 bits per heavy atom. The summed E-state index contributed by atoms with van der Waals surface area (Å²) >= 11 is 3.25. The number of hydrogen-bond acceptors (Lipinski definition) is 3. The standard InChI is InChI=1S/C15H17BrN2O3/c1-3-10(2)18-7-6-12(17-18)9-21-14-5-4-11(16)8-13(14)15(19)20/h4-8,10H,3,9H2,1-2H3,(H,19,20). The number of benzene rings is 1. The maximum absolute atomic E-state index is 11.2. The van der Waals surface area contributed by atoms with Gasteiger partial charge in [-0.1, -0.05) is 22.9 Å². The summed E-state index contributed by atoms with van der Waals surface area (Å²) in [6, 6.07) is 7.13. The topological polar surface area (TPSA) is 64.3 Å². The molecule has 0 radical (unpaired) electrons. The summed E-state index contributed by atoms with van der Waals surface area (Å²) in [6.07, 6.45) is 2.91. The molecule has 0 amide bonds. The Balaban J connectivity index is 2.09. The van der Waals surface area contributed by atoms with Crippen molar-refractivity contribution in [3.05, 3.63) is 46.2 Å². The maximum Gasteiger partial charge on any atom is 0.339 e. The zero-order valence-corrected chi connectivity index (χ0v) is 13.5. The number of ether oxygens (including phenoxy) is 1. The van der Waals surface area contributed by atoms with Crippen LogP contribution in [0.15, 0.2) is 34.9 Å². The fourth-order valence-electron chi connectivity index (χ4n) is 1.83. The van der Waals surface area contributed by atoms with Crippen LogP contribution in [0.3, 0.4) is 0 Å². The molecule has 1 N–H and O–H groups in total. The average Bonchev–Trinajstić information content (AvgIpc) is 2.93. The van der Waals surface area contributed by atoms with Gasteiger partial charge in [-0.05, 0) is 37.6 Å². The summed E-state index contributed by atoms with van der Waals surface area (Å²) in [5, 5.41) is 13.6. The smallest absolute Gasteiger partial charge is 0.339 e. The molecule has 1 aromatic carbocycles. The Hall–Kier alpha value is -1.82. The number of nitrogens with zero attached hydrogens (tertiary/aromatic N) is 2. The number of carbonyl (C=O) groups is 1. The second-order valence-corrected chi connectivity index (χ2v) is 5.69. The number of hydrogen-bond donors (Lipinski definition) is 1. The maximum atomic E-state index is 11.2. The monoisotopic (exact) mass is 352 g/mol. The SMILES string of the molecule is CCC(C)n1ccc(COc2ccc(Br)cc2C(=O)O)n1. The Kier molecular flexibility index (Phi) is 5.01. The van der Waals surface area contributed by atoms with E-state index in [2.05, 4.69) is 34.9 Å². The van der Waals surface area contributed by atoms with Crippen molar-refractivity contribution in [2.75, 3.05) is 0 Å². The van der Waals surface area contributed by atoms with Crippen molar-refractivity contribution >= 4 is 21.9 Å². The van der Waals surface area contributed by atoms with Crippen molar-refractivity contribution in [3.8, 4) is 5.75 Å². The van der Waals surface area contributed by atoms with E-state index in [1.165, 1.54) is 6.07 Å². The summed E-state index contributed by atoms with van der Waals surface area (Å²) in [5.74, 6) is -0.680. The molecule has 1 atom stereocenters. The fourth-order valence-corrected chi connectivity index (χ4v) is 2.19. The summed E-state index contributed by atoms with van der Waals surface area (Å²) in [7, 11) is 0. The van der Waals surface area contributed by atoms with Crippen molar-refractivity contribution in [1.82, 2.24) is 9.78 Å². The van der Waals surface area contributed by atoms with Gasteiger partial charge in [0.05, 0.1) is 5.69 Å². The zero-order chi connectivity index (χ0) is 15.4. The summed E-state index contributed by atoms with van der Waals surface area (Å²) < 4.78 is 8.18. The molecular weight excluding hydrogens is 336 g/mol. The van der Waals surface area contributed by atoms with Crippen LogP contribution in [-0.2, 0) is 6.61 Å². The van der Waals surface area contributed by atoms with Gasteiger partial charge in [-0.2, -0.15) is 5.10 Å². The molecule has 0 aliphatic rings. The van der Waals surface area contributed by atoms with E-state index in [0.29, 0.717) is 16.3 Å². The number of carboxylic acid groups (broad SMARTS) is 1. The molecule has 0 aliphatic carbocycles. The third-order valence-electron chi connectivity index (χ3n) is 3.25. The zero-order valence-electron chi connectivity index (χ0n) is 11.9. The summed E-state index contributed by atoms with van der Waals surface area (Å²) in [6.45, 7) is 4.43. The Morgan fingerprint density at radius 1 is 1.48 bits per heavy atom. The van der Waals surface area contributed by atoms with Gasteiger partial charge < -0.3 is 9.84 Å². The molecule has 0 fully saturated rings. The molecule has 5 nitrogen and oxygen atoms in total. The van der Waals surface area contributed by atoms with Crippen LogP contribution in [0, 0.1) is 0 Å². The van der Waals surface area contributed by atoms with E-state index in [1.807, 2.05) is 16.9 Å². The number of halogens is 1. The predicted molar refractivity (Wildman–Crippen MR) is 82.7 cm³/mol. The minimum atomic E-state index is -1.02. The second-order valence-electron chi connectivity index (χ2n) is 4.78. The Bertz CT molecular complexity index is 640. The van der Waals surface area contributed by atoms with E-state index < -0.39 is 5.97 Å². The van der Waals surface area contributed by atoms with Gasteiger partial charge in [-0.15, -0.1) is 0 Å². The van der Waals surface area contributed by atoms with Gasteiger partial charge in [0.15, 0.2) is 0 Å². The third kappa shape index (κ3) is 3.85. The first-order chi connectivity index (χ1) is 10.0. The molecule has 1 heterocycles. The van der Waals surface area contributed by atoms with E-state index in [-0.39, 0.29) is 12.2 Å². The molecule has 0 saturated heterocycles. The molecule has 2 rings (SSSR count). The molecule has 0 saturated carbocycles. The number of rotatable bonds is 6. The first-order valence-corrected chi connectivity index (χ1v) is 7.50. The van der Waals surface area contributed by atoms with Crippen LogP contribution in [0.1, 0.15) is 42.4 Å². The van der Waals surface area contributed by atoms with E-state index >= 15 is 0 Å². The molecule has 0 spiro atoms. The van der Waals surface area contributed by atoms with Crippen LogP contribution in [0.2, 0.25) is 0 Å². The summed E-state index contributed by atoms with van der Waals surface area (Å²) in [4.78, 5) is 11.2. The van der Waals surface area contributed by atoms with E-state index in [4.69, 9.17) is 4.74 Å². The van der Waals surface area contributed by atoms with Crippen LogP contribution in [0.25, 0.3) is 0 Å². The van der Waals surface area contributed by atoms with Crippen molar-refractivity contribution in [3.63, 3.8) is 0 Å². The first-order valence-electron chi connectivity index (χ1n) is 6.71. The minimum Gasteiger partial charge on any atom is -0.486 e. The van der Waals surface area contributed by atoms with Crippen molar-refractivity contribution < 1.29 is 14.6 Å². The lowest BCUT2D eigenvalue weighted by molar-refractivity contribution is 0.0691. The van der Waals surface area contributed by atoms with Gasteiger partial charge in [-0.3, -0.25) is 4.68 Å². The quantitative estimate of drug-likeness (QED) is 0.856. The fraction of sp³-hybridized carbons (Fsp3) is 0.333. The minimum absolute atomic E-state index is 0.130. The second kappa shape index (κ2) is 6.76. The van der Waals surface area contributed by atoms with Crippen LogP contribution < -0.4 is 4.74 Å². The largest absolute Gasteiger partial charge is 0.486 e. The van der Waals surface area contributed by atoms with Gasteiger partial charge in [0.25, 0.3) is 0 Å². The summed E-state index contributed by atoms with van der Waals surface area (Å²) in [5.41, 5.74) is 0.903. The average molecular weight is 353 g/mol. The first kappa shape index (κ1) is 15.6. The predicted octanol–water partition coefficient (Wildman–Crippen LogP) is 3.89. The number of aromatic carboxylic acids is 1. The third-order valence-corrected chi connectivity index (χ3v) is 3.75. The Morgan fingerprint density at radius 3 is 2.90 bits per heavy atom. The van der Waals surface area contributed by atoms with E-state index in [1.54, 1.807) is 12.1 Å². The van der Waals surface area contributed by atoms with Gasteiger partial charge in [0.2, 0.25) is 0 Å². The van der Waals surface area contributed by atoms with E-state index in [0.717, 1.165) is 12.1 Å². The van der Waals surface area contributed by atoms with E-state index in [9.17, 15) is 9.90 Å². The molecule has 1 unspecified atom stereocenters. The number of carboxylic acids is 1. The highest BCUT2D eigenvalue weighted by Gasteiger charge is 2.13. The van der Waals surface area contributed by atoms with Crippen LogP contribution in [0.5, 0.6) is 5.75 Å². The molecule has 6 heteroatoms. The highest BCUT2D eigenvalue weighted by Crippen LogP contribution is 2.24. The van der Waals surface area contributed by atoms with Crippen LogP contribution >= 0.6 is 15.9 Å². The molecule has 112 valence electrons. The van der Waals surface area contributed by atoms with Gasteiger partial charge in [0.1, 0.15) is 17.9 Å². The van der Waals surface area contributed by atoms with Gasteiger partial charge >= 0.3 is 5.97 Å². The van der Waals surface area contributed by atoms with Crippen molar-refractivity contribution in [2.24, 2.45) is 0 Å². The molecule has 1 aromatic heterocycles. The van der Waals surface area contributed by atoms with Gasteiger partial charge in [-0.25, -0.2) is 4.79 Å². The number of aromatic nitrogens is 2. The Labute approximate surface area is 131 Å². The van der Waals surface area contributed by atoms with Crippen LogP contribution in [-0.4, -0.2) is 20.9 Å². The lowest BCUT2D eigenvalue weighted by Crippen LogP contribution is -2.07. The van der Waals surface area contributed by atoms with Gasteiger partial charge in [0, 0.05) is 16.7 Å². The molecule has 0 aliphatic heterocycles. The van der Waals surface area contributed by atoms with Crippen molar-refractivity contribution in [1.29, 1.82) is 0 Å².